The van der Waals surface area contributed by atoms with Crippen molar-refractivity contribution in [1.82, 2.24) is 10.6 Å². The molecule has 1 aromatic rings. The molecule has 1 amide bonds. The summed E-state index contributed by atoms with van der Waals surface area (Å²) in [5, 5.41) is 0. The highest BCUT2D eigenvalue weighted by atomic mass is 16.2. The largest absolute Gasteiger partial charge is 0.341 e. The monoisotopic (exact) mass is 217 g/mol. The van der Waals surface area contributed by atoms with Crippen molar-refractivity contribution in [2.75, 3.05) is 13.1 Å². The van der Waals surface area contributed by atoms with E-state index in [0.29, 0.717) is 0 Å². The summed E-state index contributed by atoms with van der Waals surface area (Å²) in [6.07, 6.45) is 3.36. The normalized spacial score (nSPS) is 18.2. The summed E-state index contributed by atoms with van der Waals surface area (Å²) in [5.74, 6) is -0.0501. The van der Waals surface area contributed by atoms with Gasteiger partial charge in [-0.3, -0.25) is 4.79 Å². The lowest BCUT2D eigenvalue weighted by molar-refractivity contribution is -0.133. The van der Waals surface area contributed by atoms with Crippen molar-refractivity contribution in [2.24, 2.45) is 0 Å². The molecule has 1 aromatic carbocycles. The van der Waals surface area contributed by atoms with Gasteiger partial charge in [0, 0.05) is 13.1 Å². The van der Waals surface area contributed by atoms with E-state index in [1.165, 1.54) is 6.42 Å². The van der Waals surface area contributed by atoms with Crippen LogP contribution in [0, 0.1) is 0 Å². The fourth-order valence-electron chi connectivity index (χ4n) is 2.08. The average Bonchev–Trinajstić information content (AvgIpc) is 2.39. The number of amides is 1. The van der Waals surface area contributed by atoms with E-state index in [1.54, 1.807) is 0 Å². The van der Waals surface area contributed by atoms with E-state index in [1.807, 2.05) is 35.2 Å². The van der Waals surface area contributed by atoms with Crippen molar-refractivity contribution >= 4 is 5.91 Å². The molecule has 0 spiro atoms. The molecule has 0 bridgehead atoms. The summed E-state index contributed by atoms with van der Waals surface area (Å²) in [6, 6.07) is 8.60. The summed E-state index contributed by atoms with van der Waals surface area (Å²) in [6.45, 7) is 1.64. The van der Waals surface area contributed by atoms with Crippen LogP contribution in [0.15, 0.2) is 30.3 Å². The Hall–Kier alpha value is -1.35. The number of likely N-dealkylation sites (tertiary alicyclic amines) is 1. The zero-order valence-electron chi connectivity index (χ0n) is 9.36. The Balaban J connectivity index is 2.04. The van der Waals surface area contributed by atoms with Crippen LogP contribution in [0.3, 0.4) is 0 Å². The highest BCUT2D eigenvalue weighted by molar-refractivity contribution is 5.83. The molecule has 1 fully saturated rings. The Kier molecular flexibility index (Phi) is 3.57. The number of hydrogen-bond acceptors (Lipinski definition) is 1. The second kappa shape index (κ2) is 5.12. The molecule has 2 rings (SSSR count). The van der Waals surface area contributed by atoms with Crippen molar-refractivity contribution in [2.45, 2.75) is 25.3 Å². The SMILES string of the molecule is [NH][C@H](C(=O)N1CCCCC1)c1ccccc1. The molecule has 0 aromatic heterocycles. The smallest absolute Gasteiger partial charge is 0.245 e. The van der Waals surface area contributed by atoms with E-state index in [0.717, 1.165) is 31.5 Å². The maximum absolute atomic E-state index is 12.0. The average molecular weight is 217 g/mol. The molecule has 1 saturated heterocycles. The molecule has 3 nitrogen and oxygen atoms in total. The predicted molar refractivity (Wildman–Crippen MR) is 62.7 cm³/mol. The minimum Gasteiger partial charge on any atom is -0.341 e. The second-order valence-corrected chi connectivity index (χ2v) is 4.23. The summed E-state index contributed by atoms with van der Waals surface area (Å²) in [7, 11) is 0. The number of hydrogen-bond donors (Lipinski definition) is 0. The molecule has 1 atom stereocenters. The standard InChI is InChI=1S/C13H17N2O/c14-12(11-7-3-1-4-8-11)13(16)15-9-5-2-6-10-15/h1,3-4,7-8,12,14H,2,5-6,9-10H2/t12-/m0/s1. The summed E-state index contributed by atoms with van der Waals surface area (Å²) >= 11 is 0. The van der Waals surface area contributed by atoms with E-state index in [9.17, 15) is 4.79 Å². The molecule has 1 aliphatic rings. The molecule has 85 valence electrons. The van der Waals surface area contributed by atoms with Gasteiger partial charge in [0.1, 0.15) is 6.04 Å². The first kappa shape index (κ1) is 11.1. The molecule has 1 radical (unpaired) electrons. The number of carbonyl (C=O) groups is 1. The quantitative estimate of drug-likeness (QED) is 0.747. The Bertz CT molecular complexity index is 344. The highest BCUT2D eigenvalue weighted by Crippen LogP contribution is 2.17. The van der Waals surface area contributed by atoms with Crippen LogP contribution >= 0.6 is 0 Å². The van der Waals surface area contributed by atoms with Crippen LogP contribution in [0.4, 0.5) is 0 Å². The van der Waals surface area contributed by atoms with Crippen LogP contribution in [-0.4, -0.2) is 23.9 Å². The Morgan fingerprint density at radius 3 is 2.38 bits per heavy atom. The molecule has 1 N–H and O–H groups in total. The number of piperidine rings is 1. The number of rotatable bonds is 2. The topological polar surface area (TPSA) is 44.1 Å². The van der Waals surface area contributed by atoms with Crippen molar-refractivity contribution in [1.29, 1.82) is 0 Å². The van der Waals surface area contributed by atoms with Crippen LogP contribution in [-0.2, 0) is 4.79 Å². The lowest BCUT2D eigenvalue weighted by Gasteiger charge is -2.28. The highest BCUT2D eigenvalue weighted by Gasteiger charge is 2.23. The van der Waals surface area contributed by atoms with Gasteiger partial charge in [0.05, 0.1) is 0 Å². The van der Waals surface area contributed by atoms with E-state index >= 15 is 0 Å². The Labute approximate surface area is 96.2 Å². The van der Waals surface area contributed by atoms with Gasteiger partial charge in [-0.2, -0.15) is 0 Å². The second-order valence-electron chi connectivity index (χ2n) is 4.23. The number of carbonyl (C=O) groups excluding carboxylic acids is 1. The van der Waals surface area contributed by atoms with Gasteiger partial charge < -0.3 is 4.90 Å². The third kappa shape index (κ3) is 2.42. The molecular weight excluding hydrogens is 200 g/mol. The zero-order valence-corrected chi connectivity index (χ0v) is 9.36. The van der Waals surface area contributed by atoms with E-state index in [-0.39, 0.29) is 5.91 Å². The van der Waals surface area contributed by atoms with Crippen LogP contribution in [0.5, 0.6) is 0 Å². The van der Waals surface area contributed by atoms with Crippen molar-refractivity contribution in [3.8, 4) is 0 Å². The molecule has 16 heavy (non-hydrogen) atoms. The molecule has 0 unspecified atom stereocenters. The van der Waals surface area contributed by atoms with Crippen molar-refractivity contribution in [3.05, 3.63) is 35.9 Å². The van der Waals surface area contributed by atoms with E-state index in [4.69, 9.17) is 5.73 Å². The Morgan fingerprint density at radius 2 is 1.75 bits per heavy atom. The van der Waals surface area contributed by atoms with Crippen LogP contribution in [0.2, 0.25) is 0 Å². The fraction of sp³-hybridized carbons (Fsp3) is 0.462. The van der Waals surface area contributed by atoms with E-state index in [2.05, 4.69) is 0 Å². The lowest BCUT2D eigenvalue weighted by atomic mass is 10.0. The third-order valence-electron chi connectivity index (χ3n) is 3.05. The van der Waals surface area contributed by atoms with Crippen LogP contribution in [0.25, 0.3) is 0 Å². The van der Waals surface area contributed by atoms with E-state index < -0.39 is 6.04 Å². The first-order valence-corrected chi connectivity index (χ1v) is 5.84. The van der Waals surface area contributed by atoms with Gasteiger partial charge in [0.25, 0.3) is 0 Å². The minimum absolute atomic E-state index is 0.0501. The van der Waals surface area contributed by atoms with Gasteiger partial charge >= 0.3 is 0 Å². The maximum atomic E-state index is 12.0. The van der Waals surface area contributed by atoms with Gasteiger partial charge in [0.2, 0.25) is 5.91 Å². The Morgan fingerprint density at radius 1 is 1.12 bits per heavy atom. The third-order valence-corrected chi connectivity index (χ3v) is 3.05. The molecule has 1 heterocycles. The van der Waals surface area contributed by atoms with Gasteiger partial charge in [0.15, 0.2) is 0 Å². The maximum Gasteiger partial charge on any atom is 0.245 e. The van der Waals surface area contributed by atoms with Crippen LogP contribution < -0.4 is 5.73 Å². The molecule has 1 aliphatic heterocycles. The zero-order chi connectivity index (χ0) is 11.4. The minimum atomic E-state index is -0.751. The number of benzene rings is 1. The molecule has 0 aliphatic carbocycles. The fourth-order valence-corrected chi connectivity index (χ4v) is 2.08. The summed E-state index contributed by atoms with van der Waals surface area (Å²) in [4.78, 5) is 13.9. The van der Waals surface area contributed by atoms with Crippen molar-refractivity contribution in [3.63, 3.8) is 0 Å². The van der Waals surface area contributed by atoms with Gasteiger partial charge in [-0.05, 0) is 24.8 Å². The summed E-state index contributed by atoms with van der Waals surface area (Å²) < 4.78 is 0. The number of nitrogens with one attached hydrogen (secondary N) is 1. The lowest BCUT2D eigenvalue weighted by Crippen LogP contribution is -2.39. The number of nitrogens with zero attached hydrogens (tertiary/aromatic N) is 1. The van der Waals surface area contributed by atoms with Gasteiger partial charge in [-0.25, -0.2) is 5.73 Å². The van der Waals surface area contributed by atoms with Crippen LogP contribution in [0.1, 0.15) is 30.9 Å². The molecular formula is C13H17N2O. The summed E-state index contributed by atoms with van der Waals surface area (Å²) in [5.41, 5.74) is 8.75. The van der Waals surface area contributed by atoms with Crippen molar-refractivity contribution < 1.29 is 4.79 Å². The first-order valence-electron chi connectivity index (χ1n) is 5.84. The molecule has 3 heteroatoms. The predicted octanol–water partition coefficient (Wildman–Crippen LogP) is 2.02. The molecule has 0 saturated carbocycles. The first-order chi connectivity index (χ1) is 7.79. The van der Waals surface area contributed by atoms with Gasteiger partial charge in [-0.15, -0.1) is 0 Å². The van der Waals surface area contributed by atoms with Gasteiger partial charge in [-0.1, -0.05) is 30.3 Å².